The van der Waals surface area contributed by atoms with Crippen molar-refractivity contribution >= 4 is 0 Å². The van der Waals surface area contributed by atoms with Crippen LogP contribution in [-0.4, -0.2) is 0 Å². The van der Waals surface area contributed by atoms with E-state index in [0.717, 1.165) is 12.8 Å². The first-order chi connectivity index (χ1) is 5.00. The van der Waals surface area contributed by atoms with E-state index in [1.54, 1.807) is 0 Å². The van der Waals surface area contributed by atoms with Gasteiger partial charge in [-0.15, -0.1) is 12.8 Å². The van der Waals surface area contributed by atoms with Crippen molar-refractivity contribution < 1.29 is 16.5 Å². The zero-order valence-corrected chi connectivity index (χ0v) is 8.18. The van der Waals surface area contributed by atoms with Gasteiger partial charge in [-0.2, -0.15) is 12.2 Å². The van der Waals surface area contributed by atoms with Crippen LogP contribution in [0.4, 0.5) is 0 Å². The summed E-state index contributed by atoms with van der Waals surface area (Å²) < 4.78 is 0. The Labute approximate surface area is 85.7 Å². The molecule has 67 valence electrons. The van der Waals surface area contributed by atoms with E-state index in [-0.39, 0.29) is 23.9 Å². The molecule has 0 unspecified atom stereocenters. The third-order valence-electron chi connectivity index (χ3n) is 1.17. The van der Waals surface area contributed by atoms with Crippen LogP contribution in [0.25, 0.3) is 0 Å². The van der Waals surface area contributed by atoms with Crippen LogP contribution in [0.5, 0.6) is 0 Å². The smallest absolute Gasteiger partial charge is 0.358 e. The van der Waals surface area contributed by atoms with E-state index in [2.05, 4.69) is 24.3 Å². The normalized spacial score (nSPS) is 14.7. The van der Waals surface area contributed by atoms with Gasteiger partial charge in [0.25, 0.3) is 0 Å². The van der Waals surface area contributed by atoms with Gasteiger partial charge in [0.1, 0.15) is 0 Å². The summed E-state index contributed by atoms with van der Waals surface area (Å²) in [5.41, 5.74) is 0. The second kappa shape index (κ2) is 10.5. The van der Waals surface area contributed by atoms with Gasteiger partial charge in [0, 0.05) is 0 Å². The van der Waals surface area contributed by atoms with E-state index in [9.17, 15) is 0 Å². The molecule has 1 heteroatoms. The Bertz CT molecular complexity index is 143. The predicted molar refractivity (Wildman–Crippen MR) is 49.6 cm³/mol. The molecule has 0 atom stereocenters. The second-order valence-electron chi connectivity index (χ2n) is 2.01. The number of allylic oxidation sites excluding steroid dienone is 8. The fourth-order valence-electron chi connectivity index (χ4n) is 0.680. The summed E-state index contributed by atoms with van der Waals surface area (Å²) in [5.74, 6) is 0. The Kier molecular flexibility index (Phi) is 12.2. The fourth-order valence-corrected chi connectivity index (χ4v) is 0.680. The van der Waals surface area contributed by atoms with Gasteiger partial charge in [-0.1, -0.05) is 0 Å². The van der Waals surface area contributed by atoms with Crippen LogP contribution in [-0.2, 0) is 16.5 Å². The van der Waals surface area contributed by atoms with Gasteiger partial charge in [-0.05, 0) is 0 Å². The first-order valence-electron chi connectivity index (χ1n) is 3.43. The maximum atomic E-state index is 2.99. The fraction of sp³-hybridized carbons (Fsp3) is 0.182. The SMILES string of the molecule is [C-]1=CC=CC1.[C-]1=CC=CC1.[CH3-].[Ni+3]. The molecule has 0 fully saturated rings. The van der Waals surface area contributed by atoms with Crippen LogP contribution in [0.2, 0.25) is 0 Å². The summed E-state index contributed by atoms with van der Waals surface area (Å²) in [6, 6.07) is 0. The average Bonchev–Trinajstić information content (AvgIpc) is 2.67. The number of hydrogen-bond donors (Lipinski definition) is 0. The standard InChI is InChI=1S/2C5H5.CH3.Ni/c2*1-2-4-5-3-1;;/h2*1-3H,4H2;1H3;/q3*-1;+3. The summed E-state index contributed by atoms with van der Waals surface area (Å²) >= 11 is 0. The summed E-state index contributed by atoms with van der Waals surface area (Å²) in [4.78, 5) is 0. The molecule has 12 heavy (non-hydrogen) atoms. The van der Waals surface area contributed by atoms with Crippen molar-refractivity contribution in [3.63, 3.8) is 0 Å². The van der Waals surface area contributed by atoms with Gasteiger partial charge in [0.2, 0.25) is 0 Å². The van der Waals surface area contributed by atoms with Crippen LogP contribution in [0.3, 0.4) is 0 Å². The van der Waals surface area contributed by atoms with Gasteiger partial charge in [-0.25, -0.2) is 24.3 Å². The second-order valence-corrected chi connectivity index (χ2v) is 2.01. The first-order valence-corrected chi connectivity index (χ1v) is 3.43. The Morgan fingerprint density at radius 1 is 0.833 bits per heavy atom. The quantitative estimate of drug-likeness (QED) is 0.420. The van der Waals surface area contributed by atoms with Gasteiger partial charge < -0.3 is 7.43 Å². The first kappa shape index (κ1) is 14.0. The van der Waals surface area contributed by atoms with Crippen molar-refractivity contribution in [2.45, 2.75) is 12.8 Å². The number of rotatable bonds is 0. The average molecular weight is 204 g/mol. The van der Waals surface area contributed by atoms with E-state index in [4.69, 9.17) is 0 Å². The minimum absolute atomic E-state index is 0. The van der Waals surface area contributed by atoms with E-state index >= 15 is 0 Å². The minimum Gasteiger partial charge on any atom is -0.358 e. The monoisotopic (exact) mass is 203 g/mol. The molecular formula is C11H13Ni. The van der Waals surface area contributed by atoms with Crippen molar-refractivity contribution in [3.05, 3.63) is 56.0 Å². The van der Waals surface area contributed by atoms with Crippen molar-refractivity contribution in [3.8, 4) is 0 Å². The molecule has 0 saturated heterocycles. The molecule has 2 aliphatic carbocycles. The zero-order chi connectivity index (χ0) is 7.07. The third-order valence-corrected chi connectivity index (χ3v) is 1.17. The molecule has 0 heterocycles. The molecule has 2 aliphatic rings. The van der Waals surface area contributed by atoms with Crippen molar-refractivity contribution in [2.24, 2.45) is 0 Å². The third kappa shape index (κ3) is 7.56. The summed E-state index contributed by atoms with van der Waals surface area (Å²) in [6.07, 6.45) is 20.0. The molecule has 0 nitrogen and oxygen atoms in total. The van der Waals surface area contributed by atoms with E-state index in [0.29, 0.717) is 0 Å². The largest absolute Gasteiger partial charge is 3.00 e. The molecular weight excluding hydrogens is 191 g/mol. The number of hydrogen-bond acceptors (Lipinski definition) is 0. The Morgan fingerprint density at radius 3 is 1.33 bits per heavy atom. The van der Waals surface area contributed by atoms with Crippen LogP contribution < -0.4 is 0 Å². The van der Waals surface area contributed by atoms with E-state index in [1.165, 1.54) is 0 Å². The van der Waals surface area contributed by atoms with Gasteiger partial charge in [0.05, 0.1) is 0 Å². The van der Waals surface area contributed by atoms with Gasteiger partial charge in [0.15, 0.2) is 0 Å². The topological polar surface area (TPSA) is 0 Å². The van der Waals surface area contributed by atoms with Crippen LogP contribution in [0.1, 0.15) is 12.8 Å². The molecule has 0 aromatic carbocycles. The van der Waals surface area contributed by atoms with E-state index < -0.39 is 0 Å². The van der Waals surface area contributed by atoms with Crippen molar-refractivity contribution in [2.75, 3.05) is 0 Å². The molecule has 1 radical (unpaired) electrons. The molecule has 0 N–H and O–H groups in total. The molecule has 2 rings (SSSR count). The summed E-state index contributed by atoms with van der Waals surface area (Å²) in [7, 11) is 0. The molecule has 0 aromatic rings. The van der Waals surface area contributed by atoms with Crippen LogP contribution in [0, 0.1) is 19.6 Å². The maximum Gasteiger partial charge on any atom is 3.00 e. The van der Waals surface area contributed by atoms with Crippen LogP contribution >= 0.6 is 0 Å². The Hall–Kier alpha value is -0.546. The molecule has 0 aliphatic heterocycles. The van der Waals surface area contributed by atoms with Crippen molar-refractivity contribution in [1.29, 1.82) is 0 Å². The maximum absolute atomic E-state index is 2.99. The molecule has 0 amide bonds. The van der Waals surface area contributed by atoms with Crippen LogP contribution in [0.15, 0.2) is 36.5 Å². The summed E-state index contributed by atoms with van der Waals surface area (Å²) in [6.45, 7) is 0. The predicted octanol–water partition coefficient (Wildman–Crippen LogP) is 3.06. The minimum atomic E-state index is 0. The summed E-state index contributed by atoms with van der Waals surface area (Å²) in [5, 5.41) is 0. The Balaban J connectivity index is 0. The molecule has 0 aromatic heterocycles. The Morgan fingerprint density at radius 2 is 1.25 bits per heavy atom. The van der Waals surface area contributed by atoms with E-state index in [1.807, 2.05) is 24.3 Å². The van der Waals surface area contributed by atoms with Gasteiger partial charge >= 0.3 is 16.5 Å². The van der Waals surface area contributed by atoms with Gasteiger partial charge in [-0.3, -0.25) is 12.2 Å². The molecule has 0 bridgehead atoms. The van der Waals surface area contributed by atoms with Crippen molar-refractivity contribution in [1.82, 2.24) is 0 Å². The molecule has 0 saturated carbocycles. The zero-order valence-electron chi connectivity index (χ0n) is 7.19. The molecule has 0 spiro atoms.